The number of halogens is 1. The van der Waals surface area contributed by atoms with Gasteiger partial charge < -0.3 is 0 Å². The van der Waals surface area contributed by atoms with Crippen molar-refractivity contribution in [3.8, 4) is 0 Å². The van der Waals surface area contributed by atoms with Crippen molar-refractivity contribution >= 4 is 98.0 Å². The van der Waals surface area contributed by atoms with Crippen molar-refractivity contribution in [1.82, 2.24) is 19.9 Å². The van der Waals surface area contributed by atoms with E-state index in [0.29, 0.717) is 0 Å². The fraction of sp³-hybridized carbons (Fsp3) is 0. The van der Waals surface area contributed by atoms with Gasteiger partial charge in [-0.2, -0.15) is 0 Å². The quantitative estimate of drug-likeness (QED) is 0.225. The number of hydrogen-bond acceptors (Lipinski definition) is 6. The lowest BCUT2D eigenvalue weighted by Crippen LogP contribution is -1.87. The topological polar surface area (TPSA) is 51.6 Å². The highest BCUT2D eigenvalue weighted by molar-refractivity contribution is 7.22. The van der Waals surface area contributed by atoms with Crippen LogP contribution in [-0.4, -0.2) is 19.9 Å². The molecule has 7 heteroatoms. The average Bonchev–Trinajstić information content (AvgIpc) is 2.78. The minimum absolute atomic E-state index is 0. The van der Waals surface area contributed by atoms with E-state index < -0.39 is 0 Å². The highest BCUT2D eigenvalue weighted by atomic mass is 35.5. The van der Waals surface area contributed by atoms with Gasteiger partial charge in [0.05, 0.1) is 22.1 Å². The standard InChI is InChI=1S/C24H12N4S2.ClH/c1-2-14-6-10-18-26-22(14)21-13(1)5-9-17(25-21)29-19-11-7-15-3-4-16-8-12-20(30-18)28-24(16)23(15)27-19;/h1-12H;1H. The molecule has 5 heterocycles. The Kier molecular flexibility index (Phi) is 4.14. The minimum atomic E-state index is 0. The largest absolute Gasteiger partial charge is 0.235 e. The predicted octanol–water partition coefficient (Wildman–Crippen LogP) is 7.29. The van der Waals surface area contributed by atoms with Gasteiger partial charge in [-0.15, -0.1) is 12.4 Å². The van der Waals surface area contributed by atoms with E-state index in [1.807, 2.05) is 0 Å². The van der Waals surface area contributed by atoms with Gasteiger partial charge in [-0.05, 0) is 48.5 Å². The average molecular weight is 457 g/mol. The predicted molar refractivity (Wildman–Crippen MR) is 134 cm³/mol. The first-order valence-electron chi connectivity index (χ1n) is 9.57. The number of aromatic nitrogens is 4. The molecule has 0 saturated carbocycles. The summed E-state index contributed by atoms with van der Waals surface area (Å²) in [7, 11) is 0. The Balaban J connectivity index is 0.00000185. The summed E-state index contributed by atoms with van der Waals surface area (Å²) in [6.07, 6.45) is 0. The Hall–Kier alpha value is -3.19. The fourth-order valence-corrected chi connectivity index (χ4v) is 5.43. The minimum Gasteiger partial charge on any atom is -0.235 e. The molecule has 0 N–H and O–H groups in total. The maximum absolute atomic E-state index is 4.95. The Morgan fingerprint density at radius 2 is 0.581 bits per heavy atom. The highest BCUT2D eigenvalue weighted by Crippen LogP contribution is 2.29. The zero-order chi connectivity index (χ0) is 19.7. The molecule has 148 valence electrons. The lowest BCUT2D eigenvalue weighted by atomic mass is 10.1. The van der Waals surface area contributed by atoms with Crippen molar-refractivity contribution < 1.29 is 0 Å². The van der Waals surface area contributed by atoms with Crippen LogP contribution in [0.25, 0.3) is 62.9 Å². The summed E-state index contributed by atoms with van der Waals surface area (Å²) in [5.41, 5.74) is 3.67. The zero-order valence-electron chi connectivity index (χ0n) is 15.9. The first kappa shape index (κ1) is 18.6. The molecule has 8 bridgehead atoms. The zero-order valence-corrected chi connectivity index (χ0v) is 18.4. The molecule has 0 spiro atoms. The maximum Gasteiger partial charge on any atom is 0.118 e. The molecule has 7 rings (SSSR count). The van der Waals surface area contributed by atoms with E-state index in [0.717, 1.165) is 62.9 Å². The van der Waals surface area contributed by atoms with Gasteiger partial charge in [-0.3, -0.25) is 0 Å². The van der Waals surface area contributed by atoms with Crippen LogP contribution in [0.15, 0.2) is 72.8 Å². The number of hydrogen-bond donors (Lipinski definition) is 0. The van der Waals surface area contributed by atoms with E-state index in [-0.39, 0.29) is 12.4 Å². The normalized spacial score (nSPS) is 11.6. The Bertz CT molecular complexity index is 1560. The van der Waals surface area contributed by atoms with Gasteiger partial charge in [0.15, 0.2) is 0 Å². The molecule has 4 nitrogen and oxygen atoms in total. The first-order chi connectivity index (χ1) is 14.8. The van der Waals surface area contributed by atoms with Gasteiger partial charge in [-0.1, -0.05) is 46.9 Å². The number of nitrogens with zero attached hydrogens (tertiary/aromatic N) is 4. The molecule has 0 amide bonds. The molecule has 2 aromatic carbocycles. The van der Waals surface area contributed by atoms with Gasteiger partial charge in [0.1, 0.15) is 19.3 Å². The van der Waals surface area contributed by atoms with Crippen LogP contribution in [0, 0.1) is 0 Å². The van der Waals surface area contributed by atoms with Crippen molar-refractivity contribution in [3.05, 3.63) is 72.8 Å². The molecule has 31 heavy (non-hydrogen) atoms. The van der Waals surface area contributed by atoms with Gasteiger partial charge in [-0.25, -0.2) is 19.9 Å². The van der Waals surface area contributed by atoms with Crippen LogP contribution in [0.3, 0.4) is 0 Å². The molecule has 0 radical (unpaired) electrons. The summed E-state index contributed by atoms with van der Waals surface area (Å²) in [5, 5.41) is 4.34. The van der Waals surface area contributed by atoms with Crippen LogP contribution in [0.1, 0.15) is 0 Å². The van der Waals surface area contributed by atoms with E-state index in [1.54, 1.807) is 22.7 Å². The van der Waals surface area contributed by atoms with Crippen molar-refractivity contribution in [1.29, 1.82) is 0 Å². The van der Waals surface area contributed by atoms with E-state index in [4.69, 9.17) is 19.9 Å². The lowest BCUT2D eigenvalue weighted by Gasteiger charge is -2.05. The number of pyridine rings is 4. The van der Waals surface area contributed by atoms with Crippen LogP contribution < -0.4 is 0 Å². The summed E-state index contributed by atoms with van der Waals surface area (Å²) in [6, 6.07) is 25.1. The van der Waals surface area contributed by atoms with Crippen LogP contribution in [0.4, 0.5) is 0 Å². The van der Waals surface area contributed by atoms with Gasteiger partial charge in [0.2, 0.25) is 0 Å². The van der Waals surface area contributed by atoms with Gasteiger partial charge >= 0.3 is 0 Å². The maximum atomic E-state index is 4.95. The molecule has 0 aliphatic carbocycles. The van der Waals surface area contributed by atoms with Crippen LogP contribution >= 0.6 is 35.1 Å². The Morgan fingerprint density at radius 1 is 0.355 bits per heavy atom. The van der Waals surface area contributed by atoms with Crippen molar-refractivity contribution in [2.75, 3.05) is 0 Å². The second kappa shape index (κ2) is 6.92. The van der Waals surface area contributed by atoms with E-state index in [9.17, 15) is 0 Å². The number of rotatable bonds is 0. The third-order valence-electron chi connectivity index (χ3n) is 5.36. The Labute approximate surface area is 190 Å². The molecule has 0 aliphatic heterocycles. The van der Waals surface area contributed by atoms with E-state index in [2.05, 4.69) is 72.8 Å². The molecule has 7 aromatic rings. The Morgan fingerprint density at radius 3 is 0.839 bits per heavy atom. The van der Waals surface area contributed by atoms with Crippen LogP contribution in [0.2, 0.25) is 0 Å². The summed E-state index contributed by atoms with van der Waals surface area (Å²) in [4.78, 5) is 23.4. The smallest absolute Gasteiger partial charge is 0.118 e. The highest BCUT2D eigenvalue weighted by Gasteiger charge is 2.07. The molecule has 5 aromatic heterocycles. The third-order valence-corrected chi connectivity index (χ3v) is 7.10. The second-order valence-electron chi connectivity index (χ2n) is 7.22. The first-order valence-corrected chi connectivity index (χ1v) is 11.2. The van der Waals surface area contributed by atoms with E-state index >= 15 is 0 Å². The molecule has 0 saturated heterocycles. The third kappa shape index (κ3) is 2.95. The van der Waals surface area contributed by atoms with Crippen molar-refractivity contribution in [3.63, 3.8) is 0 Å². The van der Waals surface area contributed by atoms with E-state index in [1.165, 1.54) is 0 Å². The second-order valence-corrected chi connectivity index (χ2v) is 9.30. The summed E-state index contributed by atoms with van der Waals surface area (Å²) in [6.45, 7) is 0. The SMILES string of the molecule is Cl.c1cc2ccc3ccc4nc3c2nc1sc1ccc2ccc3ccc(nc3c2n1)s4. The summed E-state index contributed by atoms with van der Waals surface area (Å²) in [5.74, 6) is 0. The number of fused-ring (bicyclic) bond motifs is 4. The molecular weight excluding hydrogens is 444 g/mol. The van der Waals surface area contributed by atoms with Crippen molar-refractivity contribution in [2.24, 2.45) is 0 Å². The molecule has 0 unspecified atom stereocenters. The molecule has 0 fully saturated rings. The van der Waals surface area contributed by atoms with Gasteiger partial charge in [0, 0.05) is 21.5 Å². The van der Waals surface area contributed by atoms with Crippen LogP contribution in [-0.2, 0) is 0 Å². The van der Waals surface area contributed by atoms with Crippen LogP contribution in [0.5, 0.6) is 0 Å². The summed E-state index contributed by atoms with van der Waals surface area (Å²) >= 11 is 3.14. The fourth-order valence-electron chi connectivity index (χ4n) is 3.91. The summed E-state index contributed by atoms with van der Waals surface area (Å²) < 4.78 is 0. The lowest BCUT2D eigenvalue weighted by molar-refractivity contribution is 1.47. The molecule has 0 aliphatic rings. The molecular formula is C24H13ClN4S2. The van der Waals surface area contributed by atoms with Gasteiger partial charge in [0.25, 0.3) is 0 Å². The monoisotopic (exact) mass is 456 g/mol. The number of benzene rings is 2. The molecule has 0 atom stereocenters. The van der Waals surface area contributed by atoms with Crippen molar-refractivity contribution in [2.45, 2.75) is 0 Å².